The molecule has 4 heterocycles. The topological polar surface area (TPSA) is 115 Å². The molecular weight excluding hydrogens is 470 g/mol. The van der Waals surface area contributed by atoms with Gasteiger partial charge in [-0.2, -0.15) is 4.52 Å². The van der Waals surface area contributed by atoms with E-state index >= 15 is 0 Å². The van der Waals surface area contributed by atoms with Crippen molar-refractivity contribution in [3.63, 3.8) is 0 Å². The molecule has 0 spiro atoms. The molecule has 2 N–H and O–H groups in total. The van der Waals surface area contributed by atoms with Crippen LogP contribution in [0.15, 0.2) is 83.5 Å². The van der Waals surface area contributed by atoms with Crippen molar-refractivity contribution in [2.45, 2.75) is 6.61 Å². The zero-order valence-corrected chi connectivity index (χ0v) is 20.0. The Morgan fingerprint density at radius 3 is 2.57 bits per heavy atom. The first-order valence-corrected chi connectivity index (χ1v) is 12.0. The summed E-state index contributed by atoms with van der Waals surface area (Å²) >= 11 is 0. The fourth-order valence-corrected chi connectivity index (χ4v) is 4.39. The Morgan fingerprint density at radius 1 is 0.946 bits per heavy atom. The molecule has 1 aliphatic heterocycles. The molecule has 0 radical (unpaired) electrons. The predicted molar refractivity (Wildman–Crippen MR) is 139 cm³/mol. The van der Waals surface area contributed by atoms with Crippen LogP contribution in [0.3, 0.4) is 0 Å². The number of furan rings is 1. The van der Waals surface area contributed by atoms with E-state index in [4.69, 9.17) is 14.9 Å². The van der Waals surface area contributed by atoms with Crippen molar-refractivity contribution < 1.29 is 13.9 Å². The molecule has 0 bridgehead atoms. The number of carbonyl (C=O) groups is 1. The monoisotopic (exact) mass is 495 g/mol. The number of fused-ring (bicyclic) bond motifs is 1. The number of nitrogen functional groups attached to an aromatic ring is 1. The van der Waals surface area contributed by atoms with Crippen molar-refractivity contribution in [2.75, 3.05) is 36.8 Å². The molecule has 1 saturated heterocycles. The van der Waals surface area contributed by atoms with E-state index in [0.29, 0.717) is 49.1 Å². The summed E-state index contributed by atoms with van der Waals surface area (Å²) in [5.74, 6) is 1.25. The minimum atomic E-state index is -0.285. The first-order chi connectivity index (χ1) is 18.1. The highest BCUT2D eigenvalue weighted by Crippen LogP contribution is 2.27. The second kappa shape index (κ2) is 9.65. The van der Waals surface area contributed by atoms with Gasteiger partial charge in [0.2, 0.25) is 11.8 Å². The van der Waals surface area contributed by atoms with Crippen molar-refractivity contribution >= 4 is 23.4 Å². The third kappa shape index (κ3) is 4.68. The number of piperazine rings is 1. The van der Waals surface area contributed by atoms with E-state index in [9.17, 15) is 4.79 Å². The third-order valence-electron chi connectivity index (χ3n) is 6.34. The molecule has 37 heavy (non-hydrogen) atoms. The number of amides is 1. The maximum Gasteiger partial charge on any atom is 0.410 e. The Hall–Kier alpha value is -4.86. The van der Waals surface area contributed by atoms with Gasteiger partial charge in [0.15, 0.2) is 11.4 Å². The minimum Gasteiger partial charge on any atom is -0.461 e. The largest absolute Gasteiger partial charge is 0.461 e. The van der Waals surface area contributed by atoms with Crippen molar-refractivity contribution in [1.29, 1.82) is 0 Å². The lowest BCUT2D eigenvalue weighted by Crippen LogP contribution is -2.48. The lowest BCUT2D eigenvalue weighted by molar-refractivity contribution is 0.0942. The number of rotatable bonds is 5. The minimum absolute atomic E-state index is 0.242. The molecule has 0 atom stereocenters. The summed E-state index contributed by atoms with van der Waals surface area (Å²) in [4.78, 5) is 25.6. The van der Waals surface area contributed by atoms with Gasteiger partial charge in [-0.3, -0.25) is 0 Å². The summed E-state index contributed by atoms with van der Waals surface area (Å²) in [5.41, 5.74) is 10.4. The molecule has 1 fully saturated rings. The fraction of sp³-hybridized carbons (Fsp3) is 0.185. The first-order valence-electron chi connectivity index (χ1n) is 12.0. The van der Waals surface area contributed by atoms with Gasteiger partial charge in [-0.25, -0.2) is 14.8 Å². The Labute approximate surface area is 212 Å². The average Bonchev–Trinajstić information content (AvgIpc) is 3.63. The summed E-state index contributed by atoms with van der Waals surface area (Å²) in [6, 6.07) is 23.2. The van der Waals surface area contributed by atoms with Gasteiger partial charge in [0.1, 0.15) is 6.61 Å². The van der Waals surface area contributed by atoms with Gasteiger partial charge in [-0.1, -0.05) is 42.5 Å². The molecule has 186 valence electrons. The third-order valence-corrected chi connectivity index (χ3v) is 6.34. The number of carbonyl (C=O) groups excluding carboxylic acids is 1. The van der Waals surface area contributed by atoms with Crippen LogP contribution in [-0.4, -0.2) is 56.8 Å². The number of nitrogens with two attached hydrogens (primary N) is 1. The van der Waals surface area contributed by atoms with E-state index in [1.54, 1.807) is 23.3 Å². The van der Waals surface area contributed by atoms with Gasteiger partial charge in [-0.15, -0.1) is 5.10 Å². The van der Waals surface area contributed by atoms with Crippen molar-refractivity contribution in [3.05, 3.63) is 84.6 Å². The van der Waals surface area contributed by atoms with Gasteiger partial charge < -0.3 is 24.7 Å². The van der Waals surface area contributed by atoms with Crippen LogP contribution in [0.2, 0.25) is 0 Å². The predicted octanol–water partition coefficient (Wildman–Crippen LogP) is 4.09. The lowest BCUT2D eigenvalue weighted by atomic mass is 10.1. The number of anilines is 2. The molecule has 1 aliphatic rings. The molecule has 10 nitrogen and oxygen atoms in total. The van der Waals surface area contributed by atoms with E-state index in [1.807, 2.05) is 48.5 Å². The van der Waals surface area contributed by atoms with Crippen LogP contribution in [0.25, 0.3) is 28.5 Å². The molecule has 0 unspecified atom stereocenters. The number of hydrogen-bond donors (Lipinski definition) is 1. The first kappa shape index (κ1) is 22.6. The summed E-state index contributed by atoms with van der Waals surface area (Å²) in [5, 5.41) is 4.41. The van der Waals surface area contributed by atoms with Crippen molar-refractivity contribution in [2.24, 2.45) is 0 Å². The normalized spacial score (nSPS) is 13.7. The number of ether oxygens (including phenoxy) is 1. The fourth-order valence-electron chi connectivity index (χ4n) is 4.39. The Kier molecular flexibility index (Phi) is 5.89. The average molecular weight is 496 g/mol. The highest BCUT2D eigenvalue weighted by molar-refractivity contribution is 5.71. The van der Waals surface area contributed by atoms with Crippen LogP contribution in [0.1, 0.15) is 5.56 Å². The van der Waals surface area contributed by atoms with E-state index in [2.05, 4.69) is 32.1 Å². The standard InChI is InChI=1S/C27H25N7O3/c28-26-29-22(17-24-30-25(31-34(24)26)23-10-5-15-36-23)20-8-4-9-21(16-20)32-11-13-33(14-12-32)27(35)37-18-19-6-2-1-3-7-19/h1-10,15-17H,11-14,18H2,(H2,28,29). The summed E-state index contributed by atoms with van der Waals surface area (Å²) in [7, 11) is 0. The highest BCUT2D eigenvalue weighted by atomic mass is 16.6. The second-order valence-corrected chi connectivity index (χ2v) is 8.75. The van der Waals surface area contributed by atoms with Gasteiger partial charge in [-0.05, 0) is 29.8 Å². The second-order valence-electron chi connectivity index (χ2n) is 8.75. The van der Waals surface area contributed by atoms with Gasteiger partial charge >= 0.3 is 6.09 Å². The molecule has 10 heteroatoms. The van der Waals surface area contributed by atoms with E-state index in [1.165, 1.54) is 4.52 Å². The Morgan fingerprint density at radius 2 is 1.78 bits per heavy atom. The van der Waals surface area contributed by atoms with E-state index in [-0.39, 0.29) is 18.6 Å². The van der Waals surface area contributed by atoms with Crippen LogP contribution < -0.4 is 10.6 Å². The maximum atomic E-state index is 12.5. The van der Waals surface area contributed by atoms with Gasteiger partial charge in [0, 0.05) is 43.5 Å². The SMILES string of the molecule is Nc1nc(-c2cccc(N3CCN(C(=O)OCc4ccccc4)CC3)c2)cc2nc(-c3ccco3)nn12. The molecule has 6 rings (SSSR count). The van der Waals surface area contributed by atoms with Crippen LogP contribution in [0.5, 0.6) is 0 Å². The van der Waals surface area contributed by atoms with E-state index < -0.39 is 0 Å². The van der Waals surface area contributed by atoms with Gasteiger partial charge in [0.05, 0.1) is 12.0 Å². The molecule has 1 amide bonds. The number of hydrogen-bond acceptors (Lipinski definition) is 8. The molecular formula is C27H25N7O3. The maximum absolute atomic E-state index is 12.5. The van der Waals surface area contributed by atoms with Crippen LogP contribution in [0.4, 0.5) is 16.4 Å². The summed E-state index contributed by atoms with van der Waals surface area (Å²) in [6.45, 7) is 2.86. The molecule has 2 aromatic carbocycles. The molecule has 0 saturated carbocycles. The number of nitrogens with zero attached hydrogens (tertiary/aromatic N) is 6. The molecule has 0 aliphatic carbocycles. The Balaban J connectivity index is 1.14. The number of benzene rings is 2. The smallest absolute Gasteiger partial charge is 0.410 e. The molecule has 3 aromatic heterocycles. The van der Waals surface area contributed by atoms with Crippen molar-refractivity contribution in [1.82, 2.24) is 24.5 Å². The number of aromatic nitrogens is 4. The molecule has 5 aromatic rings. The highest BCUT2D eigenvalue weighted by Gasteiger charge is 2.23. The van der Waals surface area contributed by atoms with E-state index in [0.717, 1.165) is 16.8 Å². The summed E-state index contributed by atoms with van der Waals surface area (Å²) < 4.78 is 12.4. The lowest BCUT2D eigenvalue weighted by Gasteiger charge is -2.35. The van der Waals surface area contributed by atoms with Crippen LogP contribution in [-0.2, 0) is 11.3 Å². The zero-order valence-electron chi connectivity index (χ0n) is 20.0. The Bertz CT molecular complexity index is 1520. The van der Waals surface area contributed by atoms with Crippen molar-refractivity contribution in [3.8, 4) is 22.8 Å². The zero-order chi connectivity index (χ0) is 25.2. The van der Waals surface area contributed by atoms with Crippen LogP contribution >= 0.6 is 0 Å². The van der Waals surface area contributed by atoms with Crippen LogP contribution in [0, 0.1) is 0 Å². The quantitative estimate of drug-likeness (QED) is 0.388. The van der Waals surface area contributed by atoms with Gasteiger partial charge in [0.25, 0.3) is 0 Å². The summed E-state index contributed by atoms with van der Waals surface area (Å²) in [6.07, 6.45) is 1.29.